The third-order valence-electron chi connectivity index (χ3n) is 3.56. The quantitative estimate of drug-likeness (QED) is 0.686. The van der Waals surface area contributed by atoms with Crippen molar-refractivity contribution in [3.8, 4) is 0 Å². The van der Waals surface area contributed by atoms with Gasteiger partial charge in [-0.2, -0.15) is 0 Å². The van der Waals surface area contributed by atoms with Crippen molar-refractivity contribution in [2.45, 2.75) is 52.4 Å². The zero-order chi connectivity index (χ0) is 13.4. The van der Waals surface area contributed by atoms with Crippen molar-refractivity contribution in [3.63, 3.8) is 0 Å². The molecule has 0 aromatic heterocycles. The fourth-order valence-electron chi connectivity index (χ4n) is 2.02. The molecule has 2 heteroatoms. The first kappa shape index (κ1) is 14.7. The van der Waals surface area contributed by atoms with Crippen LogP contribution in [-0.4, -0.2) is 11.1 Å². The van der Waals surface area contributed by atoms with E-state index < -0.39 is 5.97 Å². The van der Waals surface area contributed by atoms with Crippen LogP contribution in [0, 0.1) is 5.92 Å². The van der Waals surface area contributed by atoms with E-state index in [-0.39, 0.29) is 0 Å². The van der Waals surface area contributed by atoms with Gasteiger partial charge in [-0.05, 0) is 36.5 Å². The number of benzene rings is 1. The Morgan fingerprint density at radius 3 is 2.39 bits per heavy atom. The number of carboxylic acids is 1. The van der Waals surface area contributed by atoms with E-state index in [1.165, 1.54) is 37.7 Å². The molecule has 0 amide bonds. The highest BCUT2D eigenvalue weighted by Crippen LogP contribution is 2.14. The Kier molecular flexibility index (Phi) is 6.48. The van der Waals surface area contributed by atoms with Crippen molar-refractivity contribution in [3.05, 3.63) is 35.4 Å². The molecule has 0 heterocycles. The summed E-state index contributed by atoms with van der Waals surface area (Å²) in [5.41, 5.74) is 1.61. The zero-order valence-electron chi connectivity index (χ0n) is 11.5. The molecule has 0 bridgehead atoms. The third-order valence-corrected chi connectivity index (χ3v) is 3.56. The van der Waals surface area contributed by atoms with E-state index in [1.54, 1.807) is 12.1 Å². The second-order valence-electron chi connectivity index (χ2n) is 5.11. The van der Waals surface area contributed by atoms with Gasteiger partial charge < -0.3 is 5.11 Å². The van der Waals surface area contributed by atoms with Crippen LogP contribution in [-0.2, 0) is 6.42 Å². The molecular weight excluding hydrogens is 224 g/mol. The Morgan fingerprint density at radius 1 is 1.17 bits per heavy atom. The Bertz CT molecular complexity index is 354. The SMILES string of the molecule is CC[C@H](C)CCCCCc1ccc(C(=O)O)cc1. The molecule has 1 N–H and O–H groups in total. The molecule has 1 aromatic carbocycles. The van der Waals surface area contributed by atoms with Crippen LogP contribution in [0.5, 0.6) is 0 Å². The minimum absolute atomic E-state index is 0.371. The summed E-state index contributed by atoms with van der Waals surface area (Å²) in [4.78, 5) is 10.7. The van der Waals surface area contributed by atoms with Crippen LogP contribution in [0.4, 0.5) is 0 Å². The topological polar surface area (TPSA) is 37.3 Å². The van der Waals surface area contributed by atoms with E-state index in [0.717, 1.165) is 12.3 Å². The van der Waals surface area contributed by atoms with Crippen LogP contribution < -0.4 is 0 Å². The Balaban J connectivity index is 2.21. The minimum atomic E-state index is -0.852. The number of carboxylic acid groups (broad SMARTS) is 1. The summed E-state index contributed by atoms with van der Waals surface area (Å²) in [6.07, 6.45) is 7.43. The maximum atomic E-state index is 10.7. The summed E-state index contributed by atoms with van der Waals surface area (Å²) in [6, 6.07) is 7.24. The lowest BCUT2D eigenvalue weighted by atomic mass is 9.99. The lowest BCUT2D eigenvalue weighted by molar-refractivity contribution is 0.0697. The standard InChI is InChI=1S/C16H24O2/c1-3-13(2)7-5-4-6-8-14-9-11-15(12-10-14)16(17)18/h9-13H,3-8H2,1-2H3,(H,17,18)/t13-/m0/s1. The molecule has 0 fully saturated rings. The summed E-state index contributed by atoms with van der Waals surface area (Å²) >= 11 is 0. The van der Waals surface area contributed by atoms with Gasteiger partial charge in [0, 0.05) is 0 Å². The van der Waals surface area contributed by atoms with Gasteiger partial charge in [0.15, 0.2) is 0 Å². The fraction of sp³-hybridized carbons (Fsp3) is 0.562. The molecule has 18 heavy (non-hydrogen) atoms. The molecule has 0 unspecified atom stereocenters. The highest BCUT2D eigenvalue weighted by molar-refractivity contribution is 5.87. The van der Waals surface area contributed by atoms with E-state index in [9.17, 15) is 4.79 Å². The molecular formula is C16H24O2. The number of rotatable bonds is 8. The maximum Gasteiger partial charge on any atom is 0.335 e. The van der Waals surface area contributed by atoms with E-state index in [0.29, 0.717) is 5.56 Å². The number of carbonyl (C=O) groups is 1. The number of unbranched alkanes of at least 4 members (excludes halogenated alkanes) is 2. The van der Waals surface area contributed by atoms with Gasteiger partial charge in [-0.1, -0.05) is 51.7 Å². The van der Waals surface area contributed by atoms with E-state index in [1.807, 2.05) is 12.1 Å². The number of hydrogen-bond acceptors (Lipinski definition) is 1. The second kappa shape index (κ2) is 7.91. The summed E-state index contributed by atoms with van der Waals surface area (Å²) < 4.78 is 0. The normalized spacial score (nSPS) is 12.3. The fourth-order valence-corrected chi connectivity index (χ4v) is 2.02. The smallest absolute Gasteiger partial charge is 0.335 e. The molecule has 1 aromatic rings. The zero-order valence-corrected chi connectivity index (χ0v) is 11.5. The van der Waals surface area contributed by atoms with Gasteiger partial charge in [-0.25, -0.2) is 4.79 Å². The molecule has 0 saturated carbocycles. The number of aryl methyl sites for hydroxylation is 1. The molecule has 1 atom stereocenters. The minimum Gasteiger partial charge on any atom is -0.478 e. The number of aromatic carboxylic acids is 1. The monoisotopic (exact) mass is 248 g/mol. The van der Waals surface area contributed by atoms with Crippen molar-refractivity contribution < 1.29 is 9.90 Å². The van der Waals surface area contributed by atoms with E-state index in [4.69, 9.17) is 5.11 Å². The average molecular weight is 248 g/mol. The van der Waals surface area contributed by atoms with Gasteiger partial charge in [0.05, 0.1) is 5.56 Å². The molecule has 0 spiro atoms. The van der Waals surface area contributed by atoms with Crippen LogP contribution >= 0.6 is 0 Å². The van der Waals surface area contributed by atoms with Crippen LogP contribution in [0.3, 0.4) is 0 Å². The largest absolute Gasteiger partial charge is 0.478 e. The molecule has 0 radical (unpaired) electrons. The molecule has 0 saturated heterocycles. The van der Waals surface area contributed by atoms with Gasteiger partial charge in [-0.15, -0.1) is 0 Å². The van der Waals surface area contributed by atoms with E-state index in [2.05, 4.69) is 13.8 Å². The Labute approximate surface area is 110 Å². The molecule has 0 aliphatic heterocycles. The summed E-state index contributed by atoms with van der Waals surface area (Å²) in [5, 5.41) is 8.80. The summed E-state index contributed by atoms with van der Waals surface area (Å²) in [5.74, 6) is -0.00467. The van der Waals surface area contributed by atoms with Gasteiger partial charge in [0.2, 0.25) is 0 Å². The molecule has 0 aliphatic carbocycles. The van der Waals surface area contributed by atoms with Crippen LogP contribution in [0.2, 0.25) is 0 Å². The highest BCUT2D eigenvalue weighted by atomic mass is 16.4. The van der Waals surface area contributed by atoms with Crippen molar-refractivity contribution in [2.75, 3.05) is 0 Å². The Morgan fingerprint density at radius 2 is 1.83 bits per heavy atom. The van der Waals surface area contributed by atoms with Gasteiger partial charge >= 0.3 is 5.97 Å². The predicted octanol–water partition coefficient (Wildman–Crippen LogP) is 4.53. The molecule has 2 nitrogen and oxygen atoms in total. The van der Waals surface area contributed by atoms with Crippen LogP contribution in [0.25, 0.3) is 0 Å². The van der Waals surface area contributed by atoms with Crippen molar-refractivity contribution in [1.29, 1.82) is 0 Å². The maximum absolute atomic E-state index is 10.7. The average Bonchev–Trinajstić information content (AvgIpc) is 2.38. The Hall–Kier alpha value is -1.31. The first-order valence-electron chi connectivity index (χ1n) is 6.95. The van der Waals surface area contributed by atoms with E-state index >= 15 is 0 Å². The van der Waals surface area contributed by atoms with Crippen molar-refractivity contribution in [2.24, 2.45) is 5.92 Å². The van der Waals surface area contributed by atoms with Crippen molar-refractivity contribution in [1.82, 2.24) is 0 Å². The predicted molar refractivity (Wildman–Crippen MR) is 75.0 cm³/mol. The second-order valence-corrected chi connectivity index (χ2v) is 5.11. The number of hydrogen-bond donors (Lipinski definition) is 1. The van der Waals surface area contributed by atoms with Crippen molar-refractivity contribution >= 4 is 5.97 Å². The third kappa shape index (κ3) is 5.35. The first-order chi connectivity index (χ1) is 8.63. The van der Waals surface area contributed by atoms with Gasteiger partial charge in [0.25, 0.3) is 0 Å². The lowest BCUT2D eigenvalue weighted by Crippen LogP contribution is -1.96. The van der Waals surface area contributed by atoms with Crippen LogP contribution in [0.15, 0.2) is 24.3 Å². The molecule has 100 valence electrons. The molecule has 0 aliphatic rings. The molecule has 1 rings (SSSR count). The lowest BCUT2D eigenvalue weighted by Gasteiger charge is -2.07. The highest BCUT2D eigenvalue weighted by Gasteiger charge is 2.02. The van der Waals surface area contributed by atoms with Gasteiger partial charge in [-0.3, -0.25) is 0 Å². The summed E-state index contributed by atoms with van der Waals surface area (Å²) in [7, 11) is 0. The van der Waals surface area contributed by atoms with Gasteiger partial charge in [0.1, 0.15) is 0 Å². The van der Waals surface area contributed by atoms with Crippen LogP contribution in [0.1, 0.15) is 61.9 Å². The summed E-state index contributed by atoms with van der Waals surface area (Å²) in [6.45, 7) is 4.55. The first-order valence-corrected chi connectivity index (χ1v) is 6.95.